The molecule has 0 heterocycles. The summed E-state index contributed by atoms with van der Waals surface area (Å²) in [5, 5.41) is -0.424. The molecular weight excluding hydrogens is 140 g/mol. The Balaban J connectivity index is 3.71. The van der Waals surface area contributed by atoms with Crippen LogP contribution in [-0.2, 0) is 4.43 Å². The zero-order valence-corrected chi connectivity index (χ0v) is 8.62. The fourth-order valence-electron chi connectivity index (χ4n) is 0.236. The minimum Gasteiger partial charge on any atom is -0.410 e. The van der Waals surface area contributed by atoms with E-state index in [4.69, 9.17) is 16.0 Å². The lowest BCUT2D eigenvalue weighted by Gasteiger charge is -2.24. The second kappa shape index (κ2) is 2.85. The fraction of sp³-hybridized carbons (Fsp3) is 1.00. The molecule has 0 bridgehead atoms. The Morgan fingerprint density at radius 2 is 2.00 bits per heavy atom. The van der Waals surface area contributed by atoms with E-state index in [0.29, 0.717) is 16.4 Å². The van der Waals surface area contributed by atoms with Crippen LogP contribution in [0.4, 0.5) is 0 Å². The lowest BCUT2D eigenvalue weighted by Crippen LogP contribution is -2.26. The van der Waals surface area contributed by atoms with Crippen LogP contribution in [0.25, 0.3) is 0 Å². The number of hydrogen-bond acceptors (Lipinski definition) is 1. The minimum absolute atomic E-state index is 0.390. The Hall–Kier alpha value is 0.467. The standard InChI is InChI=1S/C5H13ClOSi/c1-4(2)5(3,6)7-8/h4H,1-3,8H3. The van der Waals surface area contributed by atoms with Gasteiger partial charge in [-0.05, 0) is 12.8 Å². The van der Waals surface area contributed by atoms with Gasteiger partial charge in [-0.25, -0.2) is 0 Å². The van der Waals surface area contributed by atoms with Gasteiger partial charge >= 0.3 is 0 Å². The van der Waals surface area contributed by atoms with Crippen molar-refractivity contribution in [1.82, 2.24) is 0 Å². The smallest absolute Gasteiger partial charge is 0.148 e. The molecule has 0 aliphatic rings. The van der Waals surface area contributed by atoms with E-state index in [1.54, 1.807) is 0 Å². The van der Waals surface area contributed by atoms with E-state index in [0.717, 1.165) is 0 Å². The summed E-state index contributed by atoms with van der Waals surface area (Å²) < 4.78 is 5.10. The van der Waals surface area contributed by atoms with Gasteiger partial charge in [0, 0.05) is 0 Å². The molecule has 0 spiro atoms. The second-order valence-electron chi connectivity index (χ2n) is 2.34. The number of alkyl halides is 1. The summed E-state index contributed by atoms with van der Waals surface area (Å²) >= 11 is 5.87. The molecule has 0 fully saturated rings. The zero-order chi connectivity index (χ0) is 6.78. The lowest BCUT2D eigenvalue weighted by molar-refractivity contribution is 0.140. The maximum atomic E-state index is 5.87. The Morgan fingerprint density at radius 1 is 1.62 bits per heavy atom. The first-order valence-electron chi connectivity index (χ1n) is 2.74. The van der Waals surface area contributed by atoms with Crippen molar-refractivity contribution in [2.24, 2.45) is 5.92 Å². The van der Waals surface area contributed by atoms with Crippen molar-refractivity contribution in [3.8, 4) is 0 Å². The average Bonchev–Trinajstić information content (AvgIpc) is 1.67. The SMILES string of the molecule is CC(C)C(C)(Cl)O[SiH3]. The molecule has 3 heteroatoms. The van der Waals surface area contributed by atoms with Crippen LogP contribution in [-0.4, -0.2) is 15.5 Å². The highest BCUT2D eigenvalue weighted by atomic mass is 35.5. The highest BCUT2D eigenvalue weighted by molar-refractivity contribution is 6.24. The second-order valence-corrected chi connectivity index (χ2v) is 3.50. The van der Waals surface area contributed by atoms with Crippen molar-refractivity contribution in [3.05, 3.63) is 0 Å². The van der Waals surface area contributed by atoms with E-state index in [-0.39, 0.29) is 0 Å². The lowest BCUT2D eigenvalue weighted by atomic mass is 10.1. The predicted octanol–water partition coefficient (Wildman–Crippen LogP) is 0.894. The van der Waals surface area contributed by atoms with Gasteiger partial charge < -0.3 is 4.43 Å². The molecule has 1 atom stereocenters. The first kappa shape index (κ1) is 8.47. The third kappa shape index (κ3) is 2.16. The maximum Gasteiger partial charge on any atom is 0.148 e. The van der Waals surface area contributed by atoms with Crippen molar-refractivity contribution in [2.75, 3.05) is 0 Å². The highest BCUT2D eigenvalue weighted by Crippen LogP contribution is 2.23. The minimum atomic E-state index is -0.424. The van der Waals surface area contributed by atoms with E-state index in [2.05, 4.69) is 0 Å². The molecule has 0 radical (unpaired) electrons. The summed E-state index contributed by atoms with van der Waals surface area (Å²) in [7, 11) is 0.713. The molecule has 0 aliphatic carbocycles. The molecule has 0 aromatic carbocycles. The molecule has 8 heavy (non-hydrogen) atoms. The average molecular weight is 153 g/mol. The zero-order valence-electron chi connectivity index (χ0n) is 5.86. The third-order valence-corrected chi connectivity index (χ3v) is 3.13. The summed E-state index contributed by atoms with van der Waals surface area (Å²) in [5.74, 6) is 0.390. The van der Waals surface area contributed by atoms with Gasteiger partial charge in [0.05, 0.1) is 0 Å². The van der Waals surface area contributed by atoms with Crippen molar-refractivity contribution < 1.29 is 4.43 Å². The van der Waals surface area contributed by atoms with Crippen LogP contribution >= 0.6 is 11.6 Å². The van der Waals surface area contributed by atoms with Crippen molar-refractivity contribution in [3.63, 3.8) is 0 Å². The normalized spacial score (nSPS) is 19.1. The maximum absolute atomic E-state index is 5.87. The summed E-state index contributed by atoms with van der Waals surface area (Å²) in [6.07, 6.45) is 0. The monoisotopic (exact) mass is 152 g/mol. The molecule has 1 unspecified atom stereocenters. The molecule has 0 rings (SSSR count). The van der Waals surface area contributed by atoms with Crippen molar-refractivity contribution in [1.29, 1.82) is 0 Å². The van der Waals surface area contributed by atoms with Crippen LogP contribution in [0, 0.1) is 5.92 Å². The molecule has 0 amide bonds. The number of hydrogen-bond donors (Lipinski definition) is 0. The van der Waals surface area contributed by atoms with Gasteiger partial charge in [-0.3, -0.25) is 0 Å². The Labute approximate surface area is 58.9 Å². The first-order valence-corrected chi connectivity index (χ1v) is 3.94. The number of rotatable bonds is 2. The molecule has 0 aliphatic heterocycles. The van der Waals surface area contributed by atoms with Gasteiger partial charge in [-0.2, -0.15) is 0 Å². The van der Waals surface area contributed by atoms with E-state index in [9.17, 15) is 0 Å². The van der Waals surface area contributed by atoms with Gasteiger partial charge in [-0.1, -0.05) is 25.4 Å². The van der Waals surface area contributed by atoms with Crippen LogP contribution in [0.3, 0.4) is 0 Å². The predicted molar refractivity (Wildman–Crippen MR) is 40.1 cm³/mol. The van der Waals surface area contributed by atoms with Gasteiger partial charge in [0.25, 0.3) is 0 Å². The summed E-state index contributed by atoms with van der Waals surface area (Å²) in [6, 6.07) is 0. The summed E-state index contributed by atoms with van der Waals surface area (Å²) in [6.45, 7) is 5.99. The van der Waals surface area contributed by atoms with Crippen LogP contribution in [0.5, 0.6) is 0 Å². The molecule has 50 valence electrons. The molecule has 0 aromatic rings. The van der Waals surface area contributed by atoms with E-state index in [1.165, 1.54) is 0 Å². The Kier molecular flexibility index (Phi) is 3.02. The van der Waals surface area contributed by atoms with Crippen molar-refractivity contribution >= 4 is 22.1 Å². The summed E-state index contributed by atoms with van der Waals surface area (Å²) in [4.78, 5) is 0. The quantitative estimate of drug-likeness (QED) is 0.422. The molecule has 0 saturated heterocycles. The fourth-order valence-corrected chi connectivity index (χ4v) is 0.707. The molecule has 0 aromatic heterocycles. The third-order valence-electron chi connectivity index (χ3n) is 1.43. The topological polar surface area (TPSA) is 9.23 Å². The van der Waals surface area contributed by atoms with Crippen LogP contribution in [0.2, 0.25) is 0 Å². The van der Waals surface area contributed by atoms with Crippen LogP contribution < -0.4 is 0 Å². The van der Waals surface area contributed by atoms with Gasteiger partial charge in [0.1, 0.15) is 15.5 Å². The van der Waals surface area contributed by atoms with E-state index < -0.39 is 5.06 Å². The van der Waals surface area contributed by atoms with E-state index >= 15 is 0 Å². The first-order chi connectivity index (χ1) is 3.50. The number of halogens is 1. The Bertz CT molecular complexity index is 72.8. The summed E-state index contributed by atoms with van der Waals surface area (Å²) in [5.41, 5.74) is 0. The largest absolute Gasteiger partial charge is 0.410 e. The molecule has 0 saturated carbocycles. The van der Waals surface area contributed by atoms with Gasteiger partial charge in [0.2, 0.25) is 0 Å². The molecule has 1 nitrogen and oxygen atoms in total. The molecular formula is C5H13ClOSi. The van der Waals surface area contributed by atoms with Crippen LogP contribution in [0.15, 0.2) is 0 Å². The highest BCUT2D eigenvalue weighted by Gasteiger charge is 2.22. The van der Waals surface area contributed by atoms with Gasteiger partial charge in [0.15, 0.2) is 0 Å². The molecule has 0 N–H and O–H groups in total. The van der Waals surface area contributed by atoms with Crippen LogP contribution in [0.1, 0.15) is 20.8 Å². The van der Waals surface area contributed by atoms with E-state index in [1.807, 2.05) is 20.8 Å². The van der Waals surface area contributed by atoms with Crippen molar-refractivity contribution in [2.45, 2.75) is 25.8 Å². The van der Waals surface area contributed by atoms with Gasteiger partial charge in [-0.15, -0.1) is 0 Å². The Morgan fingerprint density at radius 3 is 2.00 bits per heavy atom.